The van der Waals surface area contributed by atoms with E-state index in [0.29, 0.717) is 6.07 Å². The molecule has 0 heterocycles. The summed E-state index contributed by atoms with van der Waals surface area (Å²) in [6, 6.07) is 7.49. The van der Waals surface area contributed by atoms with Crippen molar-refractivity contribution in [2.45, 2.75) is 17.9 Å². The molecule has 0 aliphatic heterocycles. The highest BCUT2D eigenvalue weighted by molar-refractivity contribution is 7.84. The van der Waals surface area contributed by atoms with Crippen molar-refractivity contribution < 1.29 is 31.7 Å². The van der Waals surface area contributed by atoms with Gasteiger partial charge in [0.2, 0.25) is 0 Å². The van der Waals surface area contributed by atoms with E-state index in [-0.39, 0.29) is 10.5 Å². The molecule has 0 unspecified atom stereocenters. The number of nitrogens with one attached hydrogen (secondary N) is 1. The minimum Gasteiger partial charge on any atom is -0.449 e. The second-order valence-corrected chi connectivity index (χ2v) is 6.56. The fourth-order valence-electron chi connectivity index (χ4n) is 2.02. The van der Waals surface area contributed by atoms with Crippen molar-refractivity contribution in [2.75, 3.05) is 11.6 Å². The normalized spacial score (nSPS) is 13.0. The van der Waals surface area contributed by atoms with E-state index in [1.165, 1.54) is 31.4 Å². The molecule has 1 amide bonds. The zero-order chi connectivity index (χ0) is 19.4. The van der Waals surface area contributed by atoms with Gasteiger partial charge in [-0.25, -0.2) is 18.0 Å². The van der Waals surface area contributed by atoms with Crippen LogP contribution in [-0.2, 0) is 20.3 Å². The molecule has 2 aromatic rings. The smallest absolute Gasteiger partial charge is 0.340 e. The van der Waals surface area contributed by atoms with Gasteiger partial charge in [-0.2, -0.15) is 0 Å². The van der Waals surface area contributed by atoms with Crippen molar-refractivity contribution in [2.24, 2.45) is 0 Å². The number of halogens is 3. The summed E-state index contributed by atoms with van der Waals surface area (Å²) >= 11 is 0. The maximum Gasteiger partial charge on any atom is 0.340 e. The molecule has 2 rings (SSSR count). The number of rotatable bonds is 5. The molecule has 1 N–H and O–H groups in total. The quantitative estimate of drug-likeness (QED) is 0.634. The van der Waals surface area contributed by atoms with Gasteiger partial charge in [0.25, 0.3) is 5.91 Å². The van der Waals surface area contributed by atoms with E-state index < -0.39 is 51.9 Å². The average molecular weight is 385 g/mol. The molecule has 138 valence electrons. The topological polar surface area (TPSA) is 72.5 Å². The van der Waals surface area contributed by atoms with Gasteiger partial charge in [-0.15, -0.1) is 0 Å². The van der Waals surface area contributed by atoms with E-state index in [9.17, 15) is 27.0 Å². The van der Waals surface area contributed by atoms with Crippen LogP contribution in [0.1, 0.15) is 17.3 Å². The molecule has 0 saturated carbocycles. The zero-order valence-electron chi connectivity index (χ0n) is 13.7. The van der Waals surface area contributed by atoms with E-state index >= 15 is 0 Å². The van der Waals surface area contributed by atoms with Crippen molar-refractivity contribution in [1.82, 2.24) is 0 Å². The first-order valence-electron chi connectivity index (χ1n) is 7.30. The molecular formula is C17H14F3NO4S. The van der Waals surface area contributed by atoms with Gasteiger partial charge < -0.3 is 10.1 Å². The summed E-state index contributed by atoms with van der Waals surface area (Å²) in [5.74, 6) is -6.54. The van der Waals surface area contributed by atoms with E-state index in [2.05, 4.69) is 0 Å². The van der Waals surface area contributed by atoms with Gasteiger partial charge in [-0.05, 0) is 31.2 Å². The number of hydrogen-bond acceptors (Lipinski definition) is 4. The number of benzene rings is 2. The molecule has 26 heavy (non-hydrogen) atoms. The van der Waals surface area contributed by atoms with E-state index in [1.807, 2.05) is 5.32 Å². The second kappa shape index (κ2) is 8.13. The lowest BCUT2D eigenvalue weighted by atomic mass is 10.2. The average Bonchev–Trinajstić information content (AvgIpc) is 2.61. The second-order valence-electron chi connectivity index (χ2n) is 5.21. The largest absolute Gasteiger partial charge is 0.449 e. The molecule has 2 aromatic carbocycles. The lowest BCUT2D eigenvalue weighted by Gasteiger charge is -2.15. The molecule has 0 bridgehead atoms. The molecule has 2 atom stereocenters. The summed E-state index contributed by atoms with van der Waals surface area (Å²) in [7, 11) is -1.45. The van der Waals surface area contributed by atoms with Crippen LogP contribution in [0.2, 0.25) is 0 Å². The maximum absolute atomic E-state index is 13.6. The Morgan fingerprint density at radius 1 is 1.08 bits per heavy atom. The molecule has 0 saturated heterocycles. The molecule has 0 fully saturated rings. The fourth-order valence-corrected chi connectivity index (χ4v) is 2.75. The van der Waals surface area contributed by atoms with Crippen LogP contribution in [0.4, 0.5) is 18.9 Å². The van der Waals surface area contributed by atoms with Gasteiger partial charge in [-0.3, -0.25) is 9.00 Å². The zero-order valence-corrected chi connectivity index (χ0v) is 14.5. The Hall–Kier alpha value is -2.68. The van der Waals surface area contributed by atoms with Crippen LogP contribution in [0.3, 0.4) is 0 Å². The third-order valence-corrected chi connectivity index (χ3v) is 4.34. The summed E-state index contributed by atoms with van der Waals surface area (Å²) in [4.78, 5) is 24.4. The highest BCUT2D eigenvalue weighted by atomic mass is 32.2. The number of hydrogen-bond donors (Lipinski definition) is 1. The number of ether oxygens (including phenoxy) is 1. The Labute approximate surface area is 149 Å². The van der Waals surface area contributed by atoms with Gasteiger partial charge >= 0.3 is 5.97 Å². The van der Waals surface area contributed by atoms with Crippen molar-refractivity contribution in [1.29, 1.82) is 0 Å². The van der Waals surface area contributed by atoms with Crippen molar-refractivity contribution in [3.05, 3.63) is 59.4 Å². The van der Waals surface area contributed by atoms with Crippen LogP contribution in [0, 0.1) is 17.5 Å². The number of carbonyl (C=O) groups excluding carboxylic acids is 2. The molecule has 0 aromatic heterocycles. The Balaban J connectivity index is 2.11. The van der Waals surface area contributed by atoms with Gasteiger partial charge in [0.05, 0.1) is 26.9 Å². The van der Waals surface area contributed by atoms with E-state index in [1.54, 1.807) is 6.07 Å². The Morgan fingerprint density at radius 2 is 1.73 bits per heavy atom. The summed E-state index contributed by atoms with van der Waals surface area (Å²) in [5, 5.41) is 2.01. The molecule has 0 aliphatic rings. The highest BCUT2D eigenvalue weighted by Crippen LogP contribution is 2.20. The lowest BCUT2D eigenvalue weighted by Crippen LogP contribution is -2.30. The number of carbonyl (C=O) groups is 2. The minimum absolute atomic E-state index is 0.0204. The molecule has 5 nitrogen and oxygen atoms in total. The lowest BCUT2D eigenvalue weighted by molar-refractivity contribution is -0.123. The van der Waals surface area contributed by atoms with Crippen molar-refractivity contribution in [3.63, 3.8) is 0 Å². The van der Waals surface area contributed by atoms with Crippen LogP contribution in [-0.4, -0.2) is 28.4 Å². The minimum atomic E-state index is -1.73. The number of esters is 1. The summed E-state index contributed by atoms with van der Waals surface area (Å²) in [6.07, 6.45) is 0.0158. The van der Waals surface area contributed by atoms with Crippen LogP contribution in [0.5, 0.6) is 0 Å². The summed E-state index contributed by atoms with van der Waals surface area (Å²) in [5.41, 5.74) is -0.571. The van der Waals surface area contributed by atoms with Crippen LogP contribution < -0.4 is 5.32 Å². The van der Waals surface area contributed by atoms with Gasteiger partial charge in [0, 0.05) is 6.26 Å². The van der Waals surface area contributed by atoms with Gasteiger partial charge in [-0.1, -0.05) is 12.1 Å². The Kier molecular flexibility index (Phi) is 6.14. The molecule has 9 heteroatoms. The summed E-state index contributed by atoms with van der Waals surface area (Å²) in [6.45, 7) is 1.22. The number of anilines is 1. The first-order chi connectivity index (χ1) is 12.2. The van der Waals surface area contributed by atoms with Crippen LogP contribution >= 0.6 is 0 Å². The predicted molar refractivity (Wildman–Crippen MR) is 88.6 cm³/mol. The van der Waals surface area contributed by atoms with Crippen molar-refractivity contribution in [3.8, 4) is 0 Å². The van der Waals surface area contributed by atoms with E-state index in [4.69, 9.17) is 4.74 Å². The highest BCUT2D eigenvalue weighted by Gasteiger charge is 2.23. The molecule has 0 spiro atoms. The van der Waals surface area contributed by atoms with Gasteiger partial charge in [0.15, 0.2) is 23.6 Å². The van der Waals surface area contributed by atoms with Crippen LogP contribution in [0.25, 0.3) is 0 Å². The third-order valence-electron chi connectivity index (χ3n) is 3.36. The van der Waals surface area contributed by atoms with Crippen LogP contribution in [0.15, 0.2) is 41.3 Å². The molecular weight excluding hydrogens is 371 g/mol. The molecule has 0 radical (unpaired) electrons. The first-order valence-corrected chi connectivity index (χ1v) is 8.86. The monoisotopic (exact) mass is 385 g/mol. The Morgan fingerprint density at radius 3 is 2.38 bits per heavy atom. The Bertz CT molecular complexity index is 888. The molecule has 0 aliphatic carbocycles. The first kappa shape index (κ1) is 19.6. The SMILES string of the molecule is C[C@H](OC(=O)c1ccccc1[S@](C)=O)C(=O)Nc1ccc(F)c(F)c1F. The predicted octanol–water partition coefficient (Wildman–Crippen LogP) is 3.03. The van der Waals surface area contributed by atoms with E-state index in [0.717, 1.165) is 6.07 Å². The standard InChI is InChI=1S/C17H14F3NO4S/c1-9(16(22)21-12-8-7-11(18)14(19)15(12)20)25-17(23)10-5-3-4-6-13(10)26(2)24/h3-9H,1-2H3,(H,21,22)/t9-,26-/m0/s1. The number of amides is 1. The third kappa shape index (κ3) is 4.29. The maximum atomic E-state index is 13.6. The summed E-state index contributed by atoms with van der Waals surface area (Å²) < 4.78 is 56.3. The fraction of sp³-hybridized carbons (Fsp3) is 0.176. The van der Waals surface area contributed by atoms with Crippen molar-refractivity contribution >= 4 is 28.4 Å². The van der Waals surface area contributed by atoms with Gasteiger partial charge in [0.1, 0.15) is 0 Å².